The van der Waals surface area contributed by atoms with Crippen LogP contribution >= 0.6 is 7.82 Å². The highest BCUT2D eigenvalue weighted by Crippen LogP contribution is 2.37. The van der Waals surface area contributed by atoms with Crippen LogP contribution in [0.1, 0.15) is 5.56 Å². The molecule has 0 aromatic heterocycles. The summed E-state index contributed by atoms with van der Waals surface area (Å²) in [6, 6.07) is 5.95. The predicted octanol–water partition coefficient (Wildman–Crippen LogP) is 1.16. The Balaban J connectivity index is 2.90. The van der Waals surface area contributed by atoms with Gasteiger partial charge in [0.05, 0.1) is 0 Å². The third-order valence-electron chi connectivity index (χ3n) is 1.25. The summed E-state index contributed by atoms with van der Waals surface area (Å²) in [5, 5.41) is 6.90. The zero-order valence-corrected chi connectivity index (χ0v) is 7.44. The monoisotopic (exact) mass is 201 g/mol. The van der Waals surface area contributed by atoms with Crippen molar-refractivity contribution in [1.82, 2.24) is 0 Å². The molecule has 6 heteroatoms. The summed E-state index contributed by atoms with van der Waals surface area (Å²) in [7, 11) is -4.49. The van der Waals surface area contributed by atoms with E-state index >= 15 is 0 Å². The lowest BCUT2D eigenvalue weighted by molar-refractivity contribution is 0.283. The Morgan fingerprint density at radius 3 is 2.69 bits per heavy atom. The highest BCUT2D eigenvalue weighted by molar-refractivity contribution is 7.46. The summed E-state index contributed by atoms with van der Waals surface area (Å²) >= 11 is 0. The molecule has 0 aliphatic rings. The smallest absolute Gasteiger partial charge is 0.404 e. The predicted molar refractivity (Wildman–Crippen MR) is 47.0 cm³/mol. The van der Waals surface area contributed by atoms with Crippen molar-refractivity contribution < 1.29 is 18.9 Å². The molecular weight excluding hydrogens is 193 g/mol. The molecule has 0 bridgehead atoms. The van der Waals surface area contributed by atoms with Crippen LogP contribution in [-0.2, 0) is 4.57 Å². The van der Waals surface area contributed by atoms with E-state index in [-0.39, 0.29) is 5.75 Å². The van der Waals surface area contributed by atoms with E-state index in [4.69, 9.17) is 15.2 Å². The molecule has 0 unspecified atom stereocenters. The lowest BCUT2D eigenvalue weighted by Gasteiger charge is -2.06. The fourth-order valence-electron chi connectivity index (χ4n) is 0.798. The maximum absolute atomic E-state index is 10.4. The number of benzene rings is 1. The first-order valence-electron chi connectivity index (χ1n) is 3.37. The molecule has 1 aromatic rings. The SMILES string of the molecule is N=Cc1cccc(OP(=O)(O)O)c1. The van der Waals surface area contributed by atoms with Crippen LogP contribution in [0.4, 0.5) is 0 Å². The molecule has 0 spiro atoms. The first-order chi connectivity index (χ1) is 6.01. The molecule has 0 saturated carbocycles. The van der Waals surface area contributed by atoms with Crippen LogP contribution in [0.3, 0.4) is 0 Å². The maximum atomic E-state index is 10.4. The molecular formula is C7H8NO4P. The van der Waals surface area contributed by atoms with Crippen molar-refractivity contribution in [3.8, 4) is 5.75 Å². The van der Waals surface area contributed by atoms with Gasteiger partial charge in [-0.05, 0) is 17.7 Å². The molecule has 0 aliphatic carbocycles. The Labute approximate surface area is 74.7 Å². The van der Waals surface area contributed by atoms with E-state index in [1.165, 1.54) is 12.1 Å². The van der Waals surface area contributed by atoms with Crippen molar-refractivity contribution in [2.45, 2.75) is 0 Å². The highest BCUT2D eigenvalue weighted by Gasteiger charge is 2.15. The van der Waals surface area contributed by atoms with Crippen molar-refractivity contribution in [3.63, 3.8) is 0 Å². The summed E-state index contributed by atoms with van der Waals surface area (Å²) in [6.07, 6.45) is 1.06. The summed E-state index contributed by atoms with van der Waals surface area (Å²) in [6.45, 7) is 0. The second-order valence-corrected chi connectivity index (χ2v) is 3.46. The quantitative estimate of drug-likeness (QED) is 0.505. The van der Waals surface area contributed by atoms with Gasteiger partial charge in [0.2, 0.25) is 0 Å². The number of hydrogen-bond acceptors (Lipinski definition) is 3. The van der Waals surface area contributed by atoms with E-state index in [0.29, 0.717) is 5.56 Å². The molecule has 0 amide bonds. The largest absolute Gasteiger partial charge is 0.524 e. The second-order valence-electron chi connectivity index (χ2n) is 2.30. The highest BCUT2D eigenvalue weighted by atomic mass is 31.2. The standard InChI is InChI=1S/C7H8NO4P/c8-5-6-2-1-3-7(4-6)12-13(9,10)11/h1-5,8H,(H2,9,10,11). The van der Waals surface area contributed by atoms with E-state index in [0.717, 1.165) is 6.21 Å². The summed E-state index contributed by atoms with van der Waals surface area (Å²) in [5.74, 6) is 0.0503. The molecule has 70 valence electrons. The van der Waals surface area contributed by atoms with Gasteiger partial charge in [-0.2, -0.15) is 0 Å². The zero-order chi connectivity index (χ0) is 9.90. The van der Waals surface area contributed by atoms with Crippen LogP contribution in [0.2, 0.25) is 0 Å². The van der Waals surface area contributed by atoms with Crippen LogP contribution in [0.15, 0.2) is 24.3 Å². The van der Waals surface area contributed by atoms with Crippen LogP contribution in [0.5, 0.6) is 5.75 Å². The number of phosphoric acid groups is 1. The summed E-state index contributed by atoms with van der Waals surface area (Å²) in [4.78, 5) is 16.9. The molecule has 0 aliphatic heterocycles. The van der Waals surface area contributed by atoms with E-state index in [1.54, 1.807) is 12.1 Å². The second kappa shape index (κ2) is 3.70. The fraction of sp³-hybridized carbons (Fsp3) is 0. The minimum atomic E-state index is -4.49. The van der Waals surface area contributed by atoms with Crippen molar-refractivity contribution in [1.29, 1.82) is 5.41 Å². The summed E-state index contributed by atoms with van der Waals surface area (Å²) < 4.78 is 14.7. The molecule has 3 N–H and O–H groups in total. The number of hydrogen-bond donors (Lipinski definition) is 3. The average molecular weight is 201 g/mol. The fourth-order valence-corrected chi connectivity index (χ4v) is 1.19. The van der Waals surface area contributed by atoms with Crippen molar-refractivity contribution in [2.24, 2.45) is 0 Å². The van der Waals surface area contributed by atoms with Gasteiger partial charge < -0.3 is 9.93 Å². The van der Waals surface area contributed by atoms with Gasteiger partial charge in [0, 0.05) is 6.21 Å². The molecule has 0 radical (unpaired) electrons. The van der Waals surface area contributed by atoms with Gasteiger partial charge in [0.1, 0.15) is 5.75 Å². The Morgan fingerprint density at radius 2 is 2.15 bits per heavy atom. The lowest BCUT2D eigenvalue weighted by atomic mass is 10.2. The van der Waals surface area contributed by atoms with Crippen molar-refractivity contribution >= 4 is 14.0 Å². The molecule has 0 heterocycles. The first-order valence-corrected chi connectivity index (χ1v) is 4.90. The number of nitrogens with one attached hydrogen (secondary N) is 1. The lowest BCUT2D eigenvalue weighted by Crippen LogP contribution is -1.90. The molecule has 1 rings (SSSR count). The van der Waals surface area contributed by atoms with Gasteiger partial charge in [0.25, 0.3) is 0 Å². The Kier molecular flexibility index (Phi) is 2.83. The van der Waals surface area contributed by atoms with Crippen LogP contribution in [-0.4, -0.2) is 16.0 Å². The van der Waals surface area contributed by atoms with Crippen molar-refractivity contribution in [3.05, 3.63) is 29.8 Å². The first kappa shape index (κ1) is 9.92. The van der Waals surface area contributed by atoms with E-state index in [2.05, 4.69) is 4.52 Å². The van der Waals surface area contributed by atoms with E-state index in [9.17, 15) is 4.57 Å². The van der Waals surface area contributed by atoms with E-state index in [1.807, 2.05) is 0 Å². The maximum Gasteiger partial charge on any atom is 0.524 e. The number of rotatable bonds is 3. The Bertz CT molecular complexity index is 359. The zero-order valence-electron chi connectivity index (χ0n) is 6.54. The average Bonchev–Trinajstić information content (AvgIpc) is 2.01. The Morgan fingerprint density at radius 1 is 1.46 bits per heavy atom. The molecule has 5 nitrogen and oxygen atoms in total. The van der Waals surface area contributed by atoms with Crippen LogP contribution < -0.4 is 4.52 Å². The minimum Gasteiger partial charge on any atom is -0.404 e. The molecule has 13 heavy (non-hydrogen) atoms. The van der Waals surface area contributed by atoms with Crippen molar-refractivity contribution in [2.75, 3.05) is 0 Å². The van der Waals surface area contributed by atoms with Gasteiger partial charge in [-0.25, -0.2) is 4.57 Å². The van der Waals surface area contributed by atoms with E-state index < -0.39 is 7.82 Å². The molecule has 1 aromatic carbocycles. The molecule has 0 atom stereocenters. The van der Waals surface area contributed by atoms with Crippen LogP contribution in [0, 0.1) is 5.41 Å². The Hall–Kier alpha value is -1.16. The van der Waals surface area contributed by atoms with Gasteiger partial charge >= 0.3 is 7.82 Å². The van der Waals surface area contributed by atoms with Gasteiger partial charge in [-0.15, -0.1) is 0 Å². The minimum absolute atomic E-state index is 0.0503. The molecule has 0 fully saturated rings. The van der Waals surface area contributed by atoms with Gasteiger partial charge in [0.15, 0.2) is 0 Å². The number of phosphoric ester groups is 1. The van der Waals surface area contributed by atoms with Gasteiger partial charge in [-0.3, -0.25) is 9.79 Å². The topological polar surface area (TPSA) is 90.6 Å². The summed E-state index contributed by atoms with van der Waals surface area (Å²) in [5.41, 5.74) is 0.519. The third-order valence-corrected chi connectivity index (χ3v) is 1.70. The van der Waals surface area contributed by atoms with Gasteiger partial charge in [-0.1, -0.05) is 12.1 Å². The molecule has 0 saturated heterocycles. The third kappa shape index (κ3) is 3.38. The van der Waals surface area contributed by atoms with Crippen LogP contribution in [0.25, 0.3) is 0 Å². The normalized spacial score (nSPS) is 10.9.